The average Bonchev–Trinajstić information content (AvgIpc) is 2.18. The molecular weight excluding hydrogens is 156 g/mol. The summed E-state index contributed by atoms with van der Waals surface area (Å²) in [6, 6.07) is 0. The molecule has 0 unspecified atom stereocenters. The Bertz CT molecular complexity index is 135. The summed E-state index contributed by atoms with van der Waals surface area (Å²) in [5, 5.41) is 0. The smallest absolute Gasteiger partial charge is 0.0351 e. The minimum Gasteiger partial charge on any atom is -0.0885 e. The van der Waals surface area contributed by atoms with Crippen molar-refractivity contribution in [1.29, 1.82) is 0 Å². The van der Waals surface area contributed by atoms with Crippen molar-refractivity contribution in [2.45, 2.75) is 57.8 Å². The first-order valence-corrected chi connectivity index (χ1v) is 5.80. The van der Waals surface area contributed by atoms with Gasteiger partial charge in [-0.2, -0.15) is 0 Å². The fourth-order valence-electron chi connectivity index (χ4n) is 1.70. The van der Waals surface area contributed by atoms with Gasteiger partial charge in [-0.15, -0.1) is 0 Å². The van der Waals surface area contributed by atoms with Crippen LogP contribution in [0.5, 0.6) is 0 Å². The number of hydrogen-bond acceptors (Lipinski definition) is 0. The molecule has 0 heterocycles. The van der Waals surface area contributed by atoms with E-state index in [2.05, 4.69) is 24.3 Å². The molecule has 1 rings (SSSR count). The van der Waals surface area contributed by atoms with E-state index < -0.39 is 0 Å². The normalized spacial score (nSPS) is 26.5. The Kier molecular flexibility index (Phi) is 6.58. The summed E-state index contributed by atoms with van der Waals surface area (Å²) in [6.07, 6.45) is 21.5. The second-order valence-electron chi connectivity index (χ2n) is 3.87. The molecule has 0 aromatic carbocycles. The Hall–Kier alpha value is -0.520. The Morgan fingerprint density at radius 1 is 0.385 bits per heavy atom. The van der Waals surface area contributed by atoms with Gasteiger partial charge >= 0.3 is 0 Å². The highest BCUT2D eigenvalue weighted by atomic mass is 13.9. The molecule has 0 fully saturated rings. The molecule has 0 saturated carbocycles. The van der Waals surface area contributed by atoms with Crippen molar-refractivity contribution in [3.63, 3.8) is 0 Å². The van der Waals surface area contributed by atoms with Crippen LogP contribution in [0.25, 0.3) is 0 Å². The lowest BCUT2D eigenvalue weighted by Crippen LogP contribution is -1.74. The van der Waals surface area contributed by atoms with E-state index in [1.54, 1.807) is 0 Å². The summed E-state index contributed by atoms with van der Waals surface area (Å²) in [5.74, 6) is 0. The van der Waals surface area contributed by atoms with Gasteiger partial charge in [0.25, 0.3) is 0 Å². The summed E-state index contributed by atoms with van der Waals surface area (Å²) in [5.41, 5.74) is 0. The molecule has 0 heteroatoms. The lowest BCUT2D eigenvalue weighted by molar-refractivity contribution is 0.695. The first-order valence-electron chi connectivity index (χ1n) is 5.80. The number of hydrogen-bond donors (Lipinski definition) is 0. The molecule has 0 aromatic rings. The van der Waals surface area contributed by atoms with E-state index in [1.807, 2.05) is 0 Å². The number of allylic oxidation sites excluding steroid dienone is 4. The highest BCUT2D eigenvalue weighted by Crippen LogP contribution is 2.08. The van der Waals surface area contributed by atoms with Gasteiger partial charge in [0.15, 0.2) is 0 Å². The van der Waals surface area contributed by atoms with Gasteiger partial charge < -0.3 is 0 Å². The molecule has 0 spiro atoms. The van der Waals surface area contributed by atoms with E-state index in [1.165, 1.54) is 57.8 Å². The molecule has 0 saturated heterocycles. The van der Waals surface area contributed by atoms with Crippen LogP contribution in [0.1, 0.15) is 57.8 Å². The third kappa shape index (κ3) is 6.62. The van der Waals surface area contributed by atoms with Gasteiger partial charge in [0.2, 0.25) is 0 Å². The SMILES string of the molecule is C1=C\CCCCC/C=C/CCCC/1. The molecule has 0 nitrogen and oxygen atoms in total. The van der Waals surface area contributed by atoms with Crippen LogP contribution >= 0.6 is 0 Å². The Morgan fingerprint density at radius 2 is 0.692 bits per heavy atom. The van der Waals surface area contributed by atoms with Gasteiger partial charge in [-0.3, -0.25) is 0 Å². The molecule has 0 amide bonds. The molecule has 0 aromatic heterocycles. The summed E-state index contributed by atoms with van der Waals surface area (Å²) < 4.78 is 0. The lowest BCUT2D eigenvalue weighted by Gasteiger charge is -1.94. The van der Waals surface area contributed by atoms with Crippen molar-refractivity contribution in [3.8, 4) is 0 Å². The van der Waals surface area contributed by atoms with Crippen LogP contribution in [0.2, 0.25) is 0 Å². The van der Waals surface area contributed by atoms with Crippen molar-refractivity contribution in [1.82, 2.24) is 0 Å². The van der Waals surface area contributed by atoms with Crippen molar-refractivity contribution < 1.29 is 0 Å². The summed E-state index contributed by atoms with van der Waals surface area (Å²) in [6.45, 7) is 0. The molecule has 0 N–H and O–H groups in total. The van der Waals surface area contributed by atoms with Crippen LogP contribution in [0.15, 0.2) is 24.3 Å². The third-order valence-electron chi connectivity index (χ3n) is 2.57. The number of rotatable bonds is 0. The zero-order chi connectivity index (χ0) is 9.19. The molecule has 1 aliphatic carbocycles. The zero-order valence-electron chi connectivity index (χ0n) is 8.67. The molecule has 0 radical (unpaired) electrons. The predicted octanol–water partition coefficient (Wildman–Crippen LogP) is 4.62. The maximum Gasteiger partial charge on any atom is -0.0351 e. The van der Waals surface area contributed by atoms with Crippen LogP contribution < -0.4 is 0 Å². The van der Waals surface area contributed by atoms with E-state index in [0.29, 0.717) is 0 Å². The van der Waals surface area contributed by atoms with Crippen LogP contribution in [-0.4, -0.2) is 0 Å². The maximum atomic E-state index is 2.37. The monoisotopic (exact) mass is 178 g/mol. The Balaban J connectivity index is 2.18. The standard InChI is InChI=1S/C13H22/c1-2-4-6-8-10-12-13-11-9-7-5-3-1/h1-2,11,13H,3-10,12H2/b2-1-,13-11+. The molecular formula is C13H22. The quantitative estimate of drug-likeness (QED) is 0.475. The van der Waals surface area contributed by atoms with E-state index in [-0.39, 0.29) is 0 Å². The van der Waals surface area contributed by atoms with Gasteiger partial charge in [0.05, 0.1) is 0 Å². The lowest BCUT2D eigenvalue weighted by atomic mass is 10.1. The first-order chi connectivity index (χ1) is 6.50. The zero-order valence-corrected chi connectivity index (χ0v) is 8.67. The van der Waals surface area contributed by atoms with Crippen LogP contribution in [0.4, 0.5) is 0 Å². The molecule has 0 bridgehead atoms. The second-order valence-corrected chi connectivity index (χ2v) is 3.87. The van der Waals surface area contributed by atoms with Gasteiger partial charge in [-0.1, -0.05) is 30.7 Å². The van der Waals surface area contributed by atoms with Gasteiger partial charge in [-0.05, 0) is 51.4 Å². The summed E-state index contributed by atoms with van der Waals surface area (Å²) in [7, 11) is 0. The van der Waals surface area contributed by atoms with Crippen molar-refractivity contribution in [2.24, 2.45) is 0 Å². The molecule has 74 valence electrons. The van der Waals surface area contributed by atoms with Gasteiger partial charge in [0.1, 0.15) is 0 Å². The van der Waals surface area contributed by atoms with Crippen molar-refractivity contribution >= 4 is 0 Å². The van der Waals surface area contributed by atoms with Crippen molar-refractivity contribution in [3.05, 3.63) is 24.3 Å². The van der Waals surface area contributed by atoms with Gasteiger partial charge in [-0.25, -0.2) is 0 Å². The summed E-state index contributed by atoms with van der Waals surface area (Å²) >= 11 is 0. The topological polar surface area (TPSA) is 0 Å². The maximum absolute atomic E-state index is 2.37. The Morgan fingerprint density at radius 3 is 1.08 bits per heavy atom. The van der Waals surface area contributed by atoms with E-state index in [0.717, 1.165) is 0 Å². The van der Waals surface area contributed by atoms with Crippen LogP contribution in [-0.2, 0) is 0 Å². The fraction of sp³-hybridized carbons (Fsp3) is 0.692. The van der Waals surface area contributed by atoms with Crippen LogP contribution in [0.3, 0.4) is 0 Å². The average molecular weight is 178 g/mol. The first kappa shape index (κ1) is 10.6. The van der Waals surface area contributed by atoms with E-state index in [9.17, 15) is 0 Å². The molecule has 1 aliphatic rings. The predicted molar refractivity (Wildman–Crippen MR) is 59.8 cm³/mol. The summed E-state index contributed by atoms with van der Waals surface area (Å²) in [4.78, 5) is 0. The molecule has 0 aliphatic heterocycles. The largest absolute Gasteiger partial charge is 0.0885 e. The highest BCUT2D eigenvalue weighted by Gasteiger charge is 1.88. The molecule has 13 heavy (non-hydrogen) atoms. The van der Waals surface area contributed by atoms with Gasteiger partial charge in [0, 0.05) is 0 Å². The Labute approximate surface area is 82.7 Å². The third-order valence-corrected chi connectivity index (χ3v) is 2.57. The van der Waals surface area contributed by atoms with Crippen LogP contribution in [0, 0.1) is 0 Å². The minimum atomic E-state index is 1.29. The van der Waals surface area contributed by atoms with E-state index in [4.69, 9.17) is 0 Å². The fourth-order valence-corrected chi connectivity index (χ4v) is 1.70. The second kappa shape index (κ2) is 8.10. The molecule has 0 atom stereocenters. The van der Waals surface area contributed by atoms with E-state index >= 15 is 0 Å². The highest BCUT2D eigenvalue weighted by molar-refractivity contribution is 4.85. The van der Waals surface area contributed by atoms with Crippen molar-refractivity contribution in [2.75, 3.05) is 0 Å². The minimum absolute atomic E-state index is 1.29.